The van der Waals surface area contributed by atoms with Crippen molar-refractivity contribution < 1.29 is 9.15 Å². The molecule has 2 aromatic heterocycles. The Kier molecular flexibility index (Phi) is 5.58. The smallest absolute Gasteiger partial charge is 0.213 e. The van der Waals surface area contributed by atoms with Crippen molar-refractivity contribution in [2.75, 3.05) is 13.7 Å². The van der Waals surface area contributed by atoms with Gasteiger partial charge in [-0.15, -0.1) is 0 Å². The molecule has 2 N–H and O–H groups in total. The number of nitrogens with zero attached hydrogens (tertiary/aromatic N) is 2. The predicted molar refractivity (Wildman–Crippen MR) is 97.7 cm³/mol. The number of guanidine groups is 1. The number of hydrogen-bond acceptors (Lipinski definition) is 4. The van der Waals surface area contributed by atoms with Crippen LogP contribution in [0.4, 0.5) is 0 Å². The summed E-state index contributed by atoms with van der Waals surface area (Å²) in [4.78, 5) is 8.54. The van der Waals surface area contributed by atoms with Gasteiger partial charge in [-0.3, -0.25) is 4.99 Å². The van der Waals surface area contributed by atoms with Crippen LogP contribution in [0, 0.1) is 12.8 Å². The van der Waals surface area contributed by atoms with Gasteiger partial charge in [0.1, 0.15) is 11.5 Å². The zero-order valence-electron chi connectivity index (χ0n) is 15.1. The molecule has 1 fully saturated rings. The molecule has 0 amide bonds. The van der Waals surface area contributed by atoms with Gasteiger partial charge in [0.2, 0.25) is 5.88 Å². The first-order chi connectivity index (χ1) is 12.1. The summed E-state index contributed by atoms with van der Waals surface area (Å²) in [5, 5.41) is 6.64. The van der Waals surface area contributed by atoms with Gasteiger partial charge in [-0.25, -0.2) is 4.98 Å². The number of hydrogen-bond donors (Lipinski definition) is 2. The number of ether oxygens (including phenoxy) is 1. The zero-order valence-corrected chi connectivity index (χ0v) is 15.1. The molecule has 3 rings (SSSR count). The van der Waals surface area contributed by atoms with Crippen LogP contribution in [0.25, 0.3) is 0 Å². The largest absolute Gasteiger partial charge is 0.477 e. The van der Waals surface area contributed by atoms with Crippen molar-refractivity contribution in [2.45, 2.75) is 39.3 Å². The summed E-state index contributed by atoms with van der Waals surface area (Å²) in [5.41, 5.74) is 1.10. The molecule has 0 bridgehead atoms. The molecule has 1 unspecified atom stereocenters. The van der Waals surface area contributed by atoms with Gasteiger partial charge < -0.3 is 19.8 Å². The molecule has 1 saturated carbocycles. The maximum atomic E-state index is 5.73. The van der Waals surface area contributed by atoms with Crippen LogP contribution in [-0.4, -0.2) is 24.6 Å². The lowest BCUT2D eigenvalue weighted by atomic mass is 10.2. The van der Waals surface area contributed by atoms with Crippen LogP contribution in [0.3, 0.4) is 0 Å². The molecule has 134 valence electrons. The van der Waals surface area contributed by atoms with E-state index >= 15 is 0 Å². The van der Waals surface area contributed by atoms with Gasteiger partial charge in [0, 0.05) is 25.9 Å². The molecule has 1 aliphatic rings. The molecule has 0 radical (unpaired) electrons. The van der Waals surface area contributed by atoms with Crippen molar-refractivity contribution >= 4 is 5.96 Å². The van der Waals surface area contributed by atoms with Gasteiger partial charge in [-0.05, 0) is 56.4 Å². The lowest BCUT2D eigenvalue weighted by Gasteiger charge is -2.16. The third-order valence-electron chi connectivity index (χ3n) is 4.19. The number of furan rings is 1. The van der Waals surface area contributed by atoms with E-state index < -0.39 is 0 Å². The fourth-order valence-corrected chi connectivity index (χ4v) is 2.47. The maximum absolute atomic E-state index is 5.73. The van der Waals surface area contributed by atoms with E-state index in [0.29, 0.717) is 12.4 Å². The quantitative estimate of drug-likeness (QED) is 0.597. The van der Waals surface area contributed by atoms with Crippen LogP contribution in [0.15, 0.2) is 39.9 Å². The van der Waals surface area contributed by atoms with Crippen molar-refractivity contribution in [3.63, 3.8) is 0 Å². The fraction of sp³-hybridized carbons (Fsp3) is 0.474. The first-order valence-corrected chi connectivity index (χ1v) is 8.75. The molecule has 1 aliphatic carbocycles. The van der Waals surface area contributed by atoms with Crippen LogP contribution in [0.1, 0.15) is 42.9 Å². The van der Waals surface area contributed by atoms with E-state index in [1.165, 1.54) is 12.8 Å². The Morgan fingerprint density at radius 3 is 2.92 bits per heavy atom. The van der Waals surface area contributed by atoms with Crippen LogP contribution in [0.5, 0.6) is 5.88 Å². The highest BCUT2D eigenvalue weighted by molar-refractivity contribution is 5.80. The van der Waals surface area contributed by atoms with Crippen molar-refractivity contribution in [1.82, 2.24) is 15.6 Å². The number of nitrogens with one attached hydrogen (secondary N) is 2. The molecule has 2 heterocycles. The first-order valence-electron chi connectivity index (χ1n) is 8.75. The second-order valence-corrected chi connectivity index (χ2v) is 6.50. The summed E-state index contributed by atoms with van der Waals surface area (Å²) in [5.74, 6) is 3.92. The van der Waals surface area contributed by atoms with E-state index in [-0.39, 0.29) is 6.04 Å². The highest BCUT2D eigenvalue weighted by Gasteiger charge is 2.22. The third kappa shape index (κ3) is 5.24. The van der Waals surface area contributed by atoms with Gasteiger partial charge >= 0.3 is 0 Å². The SMILES string of the molecule is CN=C(NCc1ccnc(OCC2CC2)c1)NC(C)c1ccc(C)o1. The second kappa shape index (κ2) is 8.05. The Labute approximate surface area is 148 Å². The maximum Gasteiger partial charge on any atom is 0.213 e. The summed E-state index contributed by atoms with van der Waals surface area (Å²) >= 11 is 0. The highest BCUT2D eigenvalue weighted by atomic mass is 16.5. The first kappa shape index (κ1) is 17.3. The van der Waals surface area contributed by atoms with E-state index in [4.69, 9.17) is 9.15 Å². The Bertz CT molecular complexity index is 722. The van der Waals surface area contributed by atoms with E-state index in [9.17, 15) is 0 Å². The summed E-state index contributed by atoms with van der Waals surface area (Å²) in [6, 6.07) is 7.93. The fourth-order valence-electron chi connectivity index (χ4n) is 2.47. The standard InChI is InChI=1S/C19H26N4O2/c1-13-4-7-17(25-13)14(2)23-19(20-3)22-11-16-8-9-21-18(10-16)24-12-15-5-6-15/h4,7-10,14-15H,5-6,11-12H2,1-3H3,(H2,20,22,23). The van der Waals surface area contributed by atoms with Crippen molar-refractivity contribution in [3.05, 3.63) is 47.5 Å². The van der Waals surface area contributed by atoms with Crippen LogP contribution in [-0.2, 0) is 6.54 Å². The van der Waals surface area contributed by atoms with Gasteiger partial charge in [0.25, 0.3) is 0 Å². The molecule has 0 saturated heterocycles. The molecule has 0 aliphatic heterocycles. The Balaban J connectivity index is 1.51. The van der Waals surface area contributed by atoms with Crippen LogP contribution in [0.2, 0.25) is 0 Å². The molecule has 25 heavy (non-hydrogen) atoms. The second-order valence-electron chi connectivity index (χ2n) is 6.50. The minimum Gasteiger partial charge on any atom is -0.477 e. The molecular weight excluding hydrogens is 316 g/mol. The highest BCUT2D eigenvalue weighted by Crippen LogP contribution is 2.29. The lowest BCUT2D eigenvalue weighted by Crippen LogP contribution is -2.38. The van der Waals surface area contributed by atoms with E-state index in [1.54, 1.807) is 13.2 Å². The number of aromatic nitrogens is 1. The molecule has 0 aromatic carbocycles. The van der Waals surface area contributed by atoms with Crippen molar-refractivity contribution in [2.24, 2.45) is 10.9 Å². The monoisotopic (exact) mass is 342 g/mol. The average molecular weight is 342 g/mol. The number of aliphatic imine (C=N–C) groups is 1. The average Bonchev–Trinajstić information content (AvgIpc) is 3.36. The molecule has 6 heteroatoms. The Hall–Kier alpha value is -2.50. The Morgan fingerprint density at radius 2 is 2.24 bits per heavy atom. The Morgan fingerprint density at radius 1 is 1.40 bits per heavy atom. The van der Waals surface area contributed by atoms with Gasteiger partial charge in [-0.1, -0.05) is 0 Å². The zero-order chi connectivity index (χ0) is 17.6. The minimum absolute atomic E-state index is 0.0368. The lowest BCUT2D eigenvalue weighted by molar-refractivity contribution is 0.288. The number of aryl methyl sites for hydroxylation is 1. The molecule has 1 atom stereocenters. The minimum atomic E-state index is 0.0368. The third-order valence-corrected chi connectivity index (χ3v) is 4.19. The molecular formula is C19H26N4O2. The van der Waals surface area contributed by atoms with Crippen molar-refractivity contribution in [3.8, 4) is 5.88 Å². The summed E-state index contributed by atoms with van der Waals surface area (Å²) in [6.45, 7) is 5.40. The molecule has 6 nitrogen and oxygen atoms in total. The van der Waals surface area contributed by atoms with E-state index in [2.05, 4.69) is 20.6 Å². The molecule has 2 aromatic rings. The van der Waals surface area contributed by atoms with Gasteiger partial charge in [-0.2, -0.15) is 0 Å². The summed E-state index contributed by atoms with van der Waals surface area (Å²) in [7, 11) is 1.76. The normalized spacial score (nSPS) is 15.7. The molecule has 0 spiro atoms. The van der Waals surface area contributed by atoms with Gasteiger partial charge in [0.15, 0.2) is 5.96 Å². The van der Waals surface area contributed by atoms with Crippen LogP contribution >= 0.6 is 0 Å². The topological polar surface area (TPSA) is 71.7 Å². The van der Waals surface area contributed by atoms with Crippen LogP contribution < -0.4 is 15.4 Å². The van der Waals surface area contributed by atoms with E-state index in [0.717, 1.165) is 35.6 Å². The number of pyridine rings is 1. The summed E-state index contributed by atoms with van der Waals surface area (Å²) < 4.78 is 11.4. The number of rotatable bonds is 7. The summed E-state index contributed by atoms with van der Waals surface area (Å²) in [6.07, 6.45) is 4.33. The van der Waals surface area contributed by atoms with Gasteiger partial charge in [0.05, 0.1) is 12.6 Å². The van der Waals surface area contributed by atoms with Crippen molar-refractivity contribution in [1.29, 1.82) is 0 Å². The van der Waals surface area contributed by atoms with E-state index in [1.807, 2.05) is 38.1 Å². The predicted octanol–water partition coefficient (Wildman–Crippen LogP) is 3.20.